The molecule has 9 nitrogen and oxygen atoms in total. The van der Waals surface area contributed by atoms with Crippen LogP contribution >= 0.6 is 11.3 Å². The minimum Gasteiger partial charge on any atom is -0.495 e. The van der Waals surface area contributed by atoms with Crippen LogP contribution in [-0.4, -0.2) is 57.0 Å². The number of nitrogens with zero attached hydrogens (tertiary/aromatic N) is 2. The maximum Gasteiger partial charge on any atom is 0.243 e. The van der Waals surface area contributed by atoms with Crippen LogP contribution in [0.4, 0.5) is 10.8 Å². The van der Waals surface area contributed by atoms with Crippen molar-refractivity contribution in [1.82, 2.24) is 9.29 Å². The molecule has 2 N–H and O–H groups in total. The highest BCUT2D eigenvalue weighted by Gasteiger charge is 2.34. The average molecular weight is 559 g/mol. The summed E-state index contributed by atoms with van der Waals surface area (Å²) in [7, 11) is -0.584. The number of sulfonamides is 1. The van der Waals surface area contributed by atoms with Gasteiger partial charge in [-0.05, 0) is 62.2 Å². The molecule has 1 heterocycles. The van der Waals surface area contributed by atoms with Crippen molar-refractivity contribution in [2.75, 3.05) is 37.9 Å². The van der Waals surface area contributed by atoms with Crippen molar-refractivity contribution in [3.8, 4) is 22.8 Å². The van der Waals surface area contributed by atoms with Crippen molar-refractivity contribution in [3.05, 3.63) is 47.8 Å². The fourth-order valence-electron chi connectivity index (χ4n) is 4.61. The molecule has 1 aliphatic carbocycles. The number of hydrogen-bond acceptors (Lipinski definition) is 8. The van der Waals surface area contributed by atoms with Gasteiger partial charge in [0.1, 0.15) is 11.5 Å². The Morgan fingerprint density at radius 3 is 2.50 bits per heavy atom. The van der Waals surface area contributed by atoms with E-state index in [1.165, 1.54) is 34.9 Å². The summed E-state index contributed by atoms with van der Waals surface area (Å²) in [5.41, 5.74) is 2.03. The third kappa shape index (κ3) is 6.46. The Hall–Kier alpha value is -3.15. The predicted molar refractivity (Wildman–Crippen MR) is 151 cm³/mol. The summed E-state index contributed by atoms with van der Waals surface area (Å²) in [6.07, 6.45) is 4.37. The molecule has 0 unspecified atom stereocenters. The van der Waals surface area contributed by atoms with E-state index in [0.29, 0.717) is 23.8 Å². The van der Waals surface area contributed by atoms with Crippen molar-refractivity contribution >= 4 is 38.1 Å². The quantitative estimate of drug-likeness (QED) is 0.332. The molecule has 4 rings (SSSR count). The van der Waals surface area contributed by atoms with Gasteiger partial charge in [-0.25, -0.2) is 13.4 Å². The van der Waals surface area contributed by atoms with E-state index in [1.54, 1.807) is 24.3 Å². The van der Waals surface area contributed by atoms with E-state index in [0.717, 1.165) is 48.5 Å². The Morgan fingerprint density at radius 1 is 1.13 bits per heavy atom. The maximum absolute atomic E-state index is 13.7. The van der Waals surface area contributed by atoms with E-state index in [9.17, 15) is 13.2 Å². The van der Waals surface area contributed by atoms with Crippen molar-refractivity contribution in [3.63, 3.8) is 0 Å². The smallest absolute Gasteiger partial charge is 0.243 e. The summed E-state index contributed by atoms with van der Waals surface area (Å²) in [4.78, 5) is 18.0. The topological polar surface area (TPSA) is 110 Å². The van der Waals surface area contributed by atoms with Crippen LogP contribution in [0.1, 0.15) is 39.0 Å². The Kier molecular flexibility index (Phi) is 9.24. The summed E-state index contributed by atoms with van der Waals surface area (Å²) < 4.78 is 39.8. The van der Waals surface area contributed by atoms with Crippen LogP contribution in [0, 0.1) is 0 Å². The number of benzene rings is 2. The molecular weight excluding hydrogens is 524 g/mol. The van der Waals surface area contributed by atoms with Gasteiger partial charge in [-0.15, -0.1) is 11.3 Å². The monoisotopic (exact) mass is 558 g/mol. The molecule has 2 aromatic carbocycles. The molecule has 1 amide bonds. The summed E-state index contributed by atoms with van der Waals surface area (Å²) >= 11 is 1.48. The first-order valence-electron chi connectivity index (χ1n) is 12.7. The molecule has 0 spiro atoms. The number of methoxy groups -OCH3 is 1. The third-order valence-corrected chi connectivity index (χ3v) is 9.28. The van der Waals surface area contributed by atoms with Crippen LogP contribution in [0.15, 0.2) is 52.7 Å². The van der Waals surface area contributed by atoms with Crippen LogP contribution in [0.3, 0.4) is 0 Å². The van der Waals surface area contributed by atoms with E-state index in [1.807, 2.05) is 25.4 Å². The second-order valence-electron chi connectivity index (χ2n) is 9.00. The molecule has 1 aliphatic rings. The number of ether oxygens (including phenoxy) is 2. The van der Waals surface area contributed by atoms with Crippen molar-refractivity contribution in [2.45, 2.75) is 50.0 Å². The lowest BCUT2D eigenvalue weighted by molar-refractivity contribution is -0.116. The van der Waals surface area contributed by atoms with E-state index in [2.05, 4.69) is 15.6 Å². The van der Waals surface area contributed by atoms with Crippen molar-refractivity contribution in [2.24, 2.45) is 0 Å². The molecule has 0 bridgehead atoms. The molecule has 204 valence electrons. The average Bonchev–Trinajstić information content (AvgIpc) is 3.42. The van der Waals surface area contributed by atoms with Gasteiger partial charge < -0.3 is 20.1 Å². The lowest BCUT2D eigenvalue weighted by Crippen LogP contribution is -2.45. The number of carbonyl (C=O) groups excluding carboxylic acids is 1. The minimum atomic E-state index is -3.92. The molecule has 3 aromatic rings. The van der Waals surface area contributed by atoms with Gasteiger partial charge in [0.15, 0.2) is 5.13 Å². The van der Waals surface area contributed by atoms with Crippen molar-refractivity contribution in [1.29, 1.82) is 0 Å². The lowest BCUT2D eigenvalue weighted by atomic mass is 9.95. The number of nitrogens with one attached hydrogen (secondary N) is 2. The number of amides is 1. The molecule has 38 heavy (non-hydrogen) atoms. The minimum absolute atomic E-state index is 0.141. The van der Waals surface area contributed by atoms with Crippen LogP contribution in [0.5, 0.6) is 11.5 Å². The van der Waals surface area contributed by atoms with Crippen molar-refractivity contribution < 1.29 is 22.7 Å². The first kappa shape index (κ1) is 27.9. The van der Waals surface area contributed by atoms with Gasteiger partial charge in [-0.2, -0.15) is 4.31 Å². The van der Waals surface area contributed by atoms with Crippen LogP contribution in [0.2, 0.25) is 0 Å². The van der Waals surface area contributed by atoms with E-state index >= 15 is 0 Å². The summed E-state index contributed by atoms with van der Waals surface area (Å²) in [5, 5.41) is 8.61. The predicted octanol–water partition coefficient (Wildman–Crippen LogP) is 5.22. The number of thiazole rings is 1. The normalized spacial score (nSPS) is 14.3. The molecule has 1 saturated carbocycles. The molecule has 1 fully saturated rings. The molecule has 1 aromatic heterocycles. The highest BCUT2D eigenvalue weighted by molar-refractivity contribution is 7.89. The van der Waals surface area contributed by atoms with Crippen LogP contribution < -0.4 is 20.1 Å². The number of hydrogen-bond donors (Lipinski definition) is 2. The van der Waals surface area contributed by atoms with Gasteiger partial charge >= 0.3 is 0 Å². The van der Waals surface area contributed by atoms with Crippen LogP contribution in [0.25, 0.3) is 11.3 Å². The number of aromatic nitrogens is 1. The Morgan fingerprint density at radius 2 is 1.87 bits per heavy atom. The molecule has 0 radical (unpaired) electrons. The van der Waals surface area contributed by atoms with E-state index in [-0.39, 0.29) is 17.5 Å². The maximum atomic E-state index is 13.7. The largest absolute Gasteiger partial charge is 0.495 e. The molecule has 11 heteroatoms. The second kappa shape index (κ2) is 12.6. The fourth-order valence-corrected chi connectivity index (χ4v) is 6.93. The molecule has 0 atom stereocenters. The summed E-state index contributed by atoms with van der Waals surface area (Å²) in [5.74, 6) is 0.641. The zero-order chi connectivity index (χ0) is 27.1. The van der Waals surface area contributed by atoms with E-state index in [4.69, 9.17) is 9.47 Å². The first-order valence-corrected chi connectivity index (χ1v) is 15.0. The Balaban J connectivity index is 1.58. The lowest BCUT2D eigenvalue weighted by Gasteiger charge is -2.33. The van der Waals surface area contributed by atoms with Gasteiger partial charge in [0.05, 0.1) is 36.5 Å². The first-order chi connectivity index (χ1) is 18.3. The molecule has 0 saturated heterocycles. The number of carbonyl (C=O) groups is 1. The zero-order valence-corrected chi connectivity index (χ0v) is 23.5. The summed E-state index contributed by atoms with van der Waals surface area (Å²) in [6.45, 7) is 2.06. The Labute approximate surface area is 228 Å². The summed E-state index contributed by atoms with van der Waals surface area (Å²) in [6, 6.07) is 11.5. The third-order valence-electron chi connectivity index (χ3n) is 6.51. The van der Waals surface area contributed by atoms with Crippen LogP contribution in [-0.2, 0) is 14.8 Å². The van der Waals surface area contributed by atoms with E-state index < -0.39 is 15.9 Å². The molecule has 0 aliphatic heterocycles. The SMILES string of the molecule is CCOc1ccc(S(=O)(=O)N(CC(=O)Nc2cc(-c3csc(NC)n3)ccc2OC)C2CCCCC2)cc1. The molecular formula is C27H34N4O5S2. The Bertz CT molecular complexity index is 1340. The zero-order valence-electron chi connectivity index (χ0n) is 21.9. The fraction of sp³-hybridized carbons (Fsp3) is 0.407. The van der Waals surface area contributed by atoms with Gasteiger partial charge in [-0.1, -0.05) is 19.3 Å². The number of anilines is 2. The van der Waals surface area contributed by atoms with Gasteiger partial charge in [0, 0.05) is 24.0 Å². The highest BCUT2D eigenvalue weighted by Crippen LogP contribution is 2.33. The highest BCUT2D eigenvalue weighted by atomic mass is 32.2. The number of rotatable bonds is 11. The van der Waals surface area contributed by atoms with Gasteiger partial charge in [0.2, 0.25) is 15.9 Å². The van der Waals surface area contributed by atoms with Gasteiger partial charge in [-0.3, -0.25) is 4.79 Å². The second-order valence-corrected chi connectivity index (χ2v) is 11.7. The standard InChI is InChI=1S/C27H34N4O5S2/c1-4-36-21-11-13-22(14-12-21)38(33,34)31(20-8-6-5-7-9-20)17-26(32)29-23-16-19(10-15-25(23)35-3)24-18-37-27(28-2)30-24/h10-16,18,20H,4-9,17H2,1-3H3,(H,28,30)(H,29,32). The van der Waals surface area contributed by atoms with Gasteiger partial charge in [0.25, 0.3) is 0 Å².